The van der Waals surface area contributed by atoms with Gasteiger partial charge in [-0.25, -0.2) is 0 Å². The number of benzene rings is 1. The summed E-state index contributed by atoms with van der Waals surface area (Å²) >= 11 is 0. The quantitative estimate of drug-likeness (QED) is 0.651. The van der Waals surface area contributed by atoms with Gasteiger partial charge >= 0.3 is 0 Å². The minimum atomic E-state index is -0.148. The molecule has 0 radical (unpaired) electrons. The number of aromatic nitrogens is 1. The van der Waals surface area contributed by atoms with Crippen molar-refractivity contribution in [2.45, 2.75) is 33.6 Å². The second-order valence-corrected chi connectivity index (χ2v) is 8.36. The number of likely N-dealkylation sites (N-methyl/N-ethyl adjacent to an activating group) is 1. The van der Waals surface area contributed by atoms with Crippen LogP contribution in [0.1, 0.15) is 53.1 Å². The van der Waals surface area contributed by atoms with Crippen LogP contribution in [0.4, 0.5) is 5.69 Å². The number of methoxy groups -OCH3 is 1. The Morgan fingerprint density at radius 3 is 2.72 bits per heavy atom. The van der Waals surface area contributed by atoms with E-state index in [1.807, 2.05) is 36.1 Å². The Kier molecular flexibility index (Phi) is 6.37. The lowest BCUT2D eigenvalue weighted by molar-refractivity contribution is -0.110. The molecule has 0 bridgehead atoms. The summed E-state index contributed by atoms with van der Waals surface area (Å²) in [7, 11) is 1.60. The third-order valence-electron chi connectivity index (χ3n) is 6.60. The zero-order valence-corrected chi connectivity index (χ0v) is 19.4. The van der Waals surface area contributed by atoms with Gasteiger partial charge in [-0.2, -0.15) is 0 Å². The monoisotopic (exact) mass is 436 g/mol. The van der Waals surface area contributed by atoms with Crippen molar-refractivity contribution in [1.29, 1.82) is 0 Å². The van der Waals surface area contributed by atoms with Gasteiger partial charge in [0, 0.05) is 42.7 Å². The average molecular weight is 437 g/mol. The van der Waals surface area contributed by atoms with Crippen molar-refractivity contribution >= 4 is 29.2 Å². The topological polar surface area (TPSA) is 77.7 Å². The van der Waals surface area contributed by atoms with Gasteiger partial charge in [-0.15, -0.1) is 0 Å². The van der Waals surface area contributed by atoms with E-state index >= 15 is 0 Å². The van der Waals surface area contributed by atoms with Crippen LogP contribution in [0, 0.1) is 6.92 Å². The molecule has 2 amide bonds. The molecule has 1 aromatic carbocycles. The minimum absolute atomic E-state index is 0.0871. The predicted molar refractivity (Wildman–Crippen MR) is 127 cm³/mol. The molecular weight excluding hydrogens is 404 g/mol. The van der Waals surface area contributed by atoms with E-state index < -0.39 is 0 Å². The number of fused-ring (bicyclic) bond motifs is 2. The number of ether oxygens (including phenoxy) is 1. The van der Waals surface area contributed by atoms with Gasteiger partial charge in [0.25, 0.3) is 11.8 Å². The molecular formula is C25H32N4O3. The molecule has 2 aliphatic heterocycles. The van der Waals surface area contributed by atoms with E-state index in [9.17, 15) is 9.59 Å². The molecule has 3 heterocycles. The van der Waals surface area contributed by atoms with Crippen molar-refractivity contribution in [3.8, 4) is 5.75 Å². The number of aryl methyl sites for hydroxylation is 1. The lowest BCUT2D eigenvalue weighted by Gasteiger charge is -2.25. The Morgan fingerprint density at radius 2 is 2.00 bits per heavy atom. The molecule has 4 rings (SSSR count). The Hall–Kier alpha value is -3.06. The lowest BCUT2D eigenvalue weighted by atomic mass is 10.0. The zero-order chi connectivity index (χ0) is 22.8. The summed E-state index contributed by atoms with van der Waals surface area (Å²) in [6, 6.07) is 5.56. The fraction of sp³-hybridized carbons (Fsp3) is 0.440. The summed E-state index contributed by atoms with van der Waals surface area (Å²) in [6.07, 6.45) is 3.62. The molecule has 0 fully saturated rings. The molecule has 0 aliphatic carbocycles. The summed E-state index contributed by atoms with van der Waals surface area (Å²) in [5.41, 5.74) is 5.63. The summed E-state index contributed by atoms with van der Waals surface area (Å²) in [5, 5.41) is 2.91. The number of rotatable bonds is 7. The van der Waals surface area contributed by atoms with Crippen LogP contribution in [0.2, 0.25) is 0 Å². The number of anilines is 1. The van der Waals surface area contributed by atoms with Crippen LogP contribution in [-0.2, 0) is 11.2 Å². The Morgan fingerprint density at radius 1 is 1.22 bits per heavy atom. The number of nitrogens with zero attached hydrogens (tertiary/aromatic N) is 2. The van der Waals surface area contributed by atoms with Gasteiger partial charge in [-0.3, -0.25) is 9.59 Å². The molecule has 2 aromatic rings. The fourth-order valence-corrected chi connectivity index (χ4v) is 4.61. The Balaban J connectivity index is 1.63. The van der Waals surface area contributed by atoms with E-state index in [-0.39, 0.29) is 11.8 Å². The second kappa shape index (κ2) is 9.20. The molecule has 7 heteroatoms. The van der Waals surface area contributed by atoms with Gasteiger partial charge in [-0.05, 0) is 56.6 Å². The highest BCUT2D eigenvalue weighted by atomic mass is 16.5. The first-order valence-corrected chi connectivity index (χ1v) is 11.4. The predicted octanol–water partition coefficient (Wildman–Crippen LogP) is 3.55. The lowest BCUT2D eigenvalue weighted by Crippen LogP contribution is -2.38. The summed E-state index contributed by atoms with van der Waals surface area (Å²) < 4.78 is 5.26. The minimum Gasteiger partial charge on any atom is -0.497 e. The molecule has 7 nitrogen and oxygen atoms in total. The van der Waals surface area contributed by atoms with Crippen LogP contribution >= 0.6 is 0 Å². The molecule has 1 aromatic heterocycles. The second-order valence-electron chi connectivity index (χ2n) is 8.36. The number of nitrogens with one attached hydrogen (secondary N) is 2. The molecule has 170 valence electrons. The number of carbonyl (C=O) groups is 2. The van der Waals surface area contributed by atoms with Crippen molar-refractivity contribution in [1.82, 2.24) is 14.8 Å². The van der Waals surface area contributed by atoms with Crippen molar-refractivity contribution < 1.29 is 14.3 Å². The molecule has 0 saturated heterocycles. The third kappa shape index (κ3) is 4.05. The standard InChI is InChI=1S/C25H32N4O3/c1-5-28(6-2)12-13-29-11-7-8-20-23(25(29)31)16(3)21(26-20)15-19-18-10-9-17(32-4)14-22(18)27-24(19)30/h9-10,14-15,26H,5-8,11-13H2,1-4H3,(H,27,30). The van der Waals surface area contributed by atoms with E-state index in [4.69, 9.17) is 4.74 Å². The van der Waals surface area contributed by atoms with Gasteiger partial charge in [0.2, 0.25) is 0 Å². The first-order chi connectivity index (χ1) is 15.5. The SMILES string of the molecule is CCN(CC)CCN1CCCc2[nH]c(C=C3C(=O)Nc4cc(OC)ccc43)c(C)c2C1=O. The van der Waals surface area contributed by atoms with Gasteiger partial charge in [0.1, 0.15) is 5.75 Å². The van der Waals surface area contributed by atoms with Crippen molar-refractivity contribution in [2.24, 2.45) is 0 Å². The first-order valence-electron chi connectivity index (χ1n) is 11.4. The highest BCUT2D eigenvalue weighted by molar-refractivity contribution is 6.35. The number of amides is 2. The van der Waals surface area contributed by atoms with Crippen LogP contribution in [0.15, 0.2) is 18.2 Å². The van der Waals surface area contributed by atoms with Gasteiger partial charge < -0.3 is 24.8 Å². The number of aromatic amines is 1. The molecule has 32 heavy (non-hydrogen) atoms. The van der Waals surface area contributed by atoms with E-state index in [0.717, 1.165) is 79.3 Å². The largest absolute Gasteiger partial charge is 0.497 e. The van der Waals surface area contributed by atoms with Gasteiger partial charge in [0.05, 0.1) is 23.9 Å². The fourth-order valence-electron chi connectivity index (χ4n) is 4.61. The zero-order valence-electron chi connectivity index (χ0n) is 19.4. The van der Waals surface area contributed by atoms with E-state index in [2.05, 4.69) is 29.0 Å². The van der Waals surface area contributed by atoms with Crippen LogP contribution in [0.25, 0.3) is 11.6 Å². The van der Waals surface area contributed by atoms with E-state index in [0.29, 0.717) is 11.3 Å². The van der Waals surface area contributed by atoms with Gasteiger partial charge in [-0.1, -0.05) is 13.8 Å². The maximum atomic E-state index is 13.4. The maximum absolute atomic E-state index is 13.4. The molecule has 0 spiro atoms. The highest BCUT2D eigenvalue weighted by Crippen LogP contribution is 2.36. The summed E-state index contributed by atoms with van der Waals surface area (Å²) in [4.78, 5) is 33.8. The van der Waals surface area contributed by atoms with Crippen molar-refractivity contribution in [2.75, 3.05) is 45.2 Å². The van der Waals surface area contributed by atoms with Crippen LogP contribution in [0.5, 0.6) is 5.75 Å². The first kappa shape index (κ1) is 22.1. The summed E-state index contributed by atoms with van der Waals surface area (Å²) in [6.45, 7) is 10.6. The Labute approximate surface area is 189 Å². The van der Waals surface area contributed by atoms with Crippen LogP contribution in [-0.4, -0.2) is 66.4 Å². The number of carbonyl (C=O) groups excluding carboxylic acids is 2. The molecule has 0 unspecified atom stereocenters. The summed E-state index contributed by atoms with van der Waals surface area (Å²) in [5.74, 6) is 0.636. The molecule has 2 N–H and O–H groups in total. The van der Waals surface area contributed by atoms with Crippen LogP contribution < -0.4 is 10.1 Å². The highest BCUT2D eigenvalue weighted by Gasteiger charge is 2.29. The smallest absolute Gasteiger partial charge is 0.256 e. The average Bonchev–Trinajstić information content (AvgIpc) is 3.21. The number of H-pyrrole nitrogens is 1. The third-order valence-corrected chi connectivity index (χ3v) is 6.60. The molecule has 0 saturated carbocycles. The normalized spacial score (nSPS) is 16.9. The number of hydrogen-bond donors (Lipinski definition) is 2. The van der Waals surface area contributed by atoms with E-state index in [1.54, 1.807) is 7.11 Å². The van der Waals surface area contributed by atoms with Crippen molar-refractivity contribution in [3.63, 3.8) is 0 Å². The van der Waals surface area contributed by atoms with Crippen LogP contribution in [0.3, 0.4) is 0 Å². The van der Waals surface area contributed by atoms with Gasteiger partial charge in [0.15, 0.2) is 0 Å². The maximum Gasteiger partial charge on any atom is 0.256 e. The molecule has 2 aliphatic rings. The number of hydrogen-bond acceptors (Lipinski definition) is 4. The van der Waals surface area contributed by atoms with Crippen molar-refractivity contribution in [3.05, 3.63) is 46.3 Å². The van der Waals surface area contributed by atoms with E-state index in [1.165, 1.54) is 0 Å². The molecule has 0 atom stereocenters. The Bertz CT molecular complexity index is 1070.